The van der Waals surface area contributed by atoms with Crippen LogP contribution in [0.4, 0.5) is 0 Å². The molecule has 0 radical (unpaired) electrons. The van der Waals surface area contributed by atoms with Crippen LogP contribution in [-0.4, -0.2) is 49.7 Å². The molecule has 5 rings (SSSR count). The third-order valence-electron chi connectivity index (χ3n) is 6.54. The van der Waals surface area contributed by atoms with Crippen LogP contribution in [0.1, 0.15) is 32.1 Å². The molecule has 9 heteroatoms. The van der Waals surface area contributed by atoms with Crippen LogP contribution < -0.4 is 10.6 Å². The van der Waals surface area contributed by atoms with E-state index < -0.39 is 34.4 Å². The minimum absolute atomic E-state index is 0.0661. The van der Waals surface area contributed by atoms with Gasteiger partial charge in [0.2, 0.25) is 5.91 Å². The zero-order chi connectivity index (χ0) is 20.7. The van der Waals surface area contributed by atoms with Crippen molar-refractivity contribution in [3.8, 4) is 0 Å². The Kier molecular flexibility index (Phi) is 5.37. The molecule has 3 unspecified atom stereocenters. The first-order valence-electron chi connectivity index (χ1n) is 10.8. The number of allylic oxidation sites excluding steroid dienone is 2. The Labute approximate surface area is 177 Å². The topological polar surface area (TPSA) is 103 Å². The third kappa shape index (κ3) is 4.29. The molecule has 0 aromatic rings. The van der Waals surface area contributed by atoms with Gasteiger partial charge in [0.25, 0.3) is 0 Å². The predicted octanol–water partition coefficient (Wildman–Crippen LogP) is 1.68. The van der Waals surface area contributed by atoms with Crippen LogP contribution in [0.3, 0.4) is 0 Å². The van der Waals surface area contributed by atoms with E-state index in [4.69, 9.17) is 13.1 Å². The van der Waals surface area contributed by atoms with Gasteiger partial charge in [-0.1, -0.05) is 10.6 Å². The second kappa shape index (κ2) is 8.01. The van der Waals surface area contributed by atoms with Gasteiger partial charge < -0.3 is 23.7 Å². The van der Waals surface area contributed by atoms with Gasteiger partial charge in [0.1, 0.15) is 5.92 Å². The number of carbonyl (C=O) groups is 3. The Bertz CT molecular complexity index is 782. The lowest BCUT2D eigenvalue weighted by Gasteiger charge is -2.33. The molecule has 0 aromatic carbocycles. The van der Waals surface area contributed by atoms with Gasteiger partial charge in [0.15, 0.2) is 0 Å². The van der Waals surface area contributed by atoms with E-state index in [1.807, 2.05) is 0 Å². The maximum absolute atomic E-state index is 13.0. The highest BCUT2D eigenvalue weighted by Gasteiger charge is 2.48. The molecule has 2 aliphatic carbocycles. The number of ether oxygens (including phenoxy) is 1. The fourth-order valence-electron chi connectivity index (χ4n) is 4.51. The van der Waals surface area contributed by atoms with Crippen LogP contribution in [0.25, 0.3) is 0 Å². The van der Waals surface area contributed by atoms with Crippen molar-refractivity contribution in [2.45, 2.75) is 44.2 Å². The van der Waals surface area contributed by atoms with Crippen molar-refractivity contribution in [3.63, 3.8) is 0 Å². The third-order valence-corrected chi connectivity index (χ3v) is 8.48. The molecule has 2 saturated carbocycles. The van der Waals surface area contributed by atoms with Crippen LogP contribution in [0.15, 0.2) is 23.0 Å². The quantitative estimate of drug-likeness (QED) is 0.611. The highest BCUT2D eigenvalue weighted by atomic mass is 32.3. The van der Waals surface area contributed by atoms with Gasteiger partial charge in [-0.25, -0.2) is 4.79 Å². The molecule has 0 aromatic heterocycles. The van der Waals surface area contributed by atoms with Crippen LogP contribution in [-0.2, 0) is 27.5 Å². The summed E-state index contributed by atoms with van der Waals surface area (Å²) >= 11 is 0. The van der Waals surface area contributed by atoms with E-state index in [-0.39, 0.29) is 18.4 Å². The minimum atomic E-state index is -2.50. The zero-order valence-corrected chi connectivity index (χ0v) is 17.6. The number of hydrogen-bond acceptors (Lipinski definition) is 7. The Morgan fingerprint density at radius 1 is 1.07 bits per heavy atom. The lowest BCUT2D eigenvalue weighted by Crippen LogP contribution is -2.50. The normalized spacial score (nSPS) is 37.9. The summed E-state index contributed by atoms with van der Waals surface area (Å²) in [5.41, 5.74) is 0. The smallest absolute Gasteiger partial charge is 0.343 e. The molecule has 8 nitrogen and oxygen atoms in total. The first-order chi connectivity index (χ1) is 14.5. The van der Waals surface area contributed by atoms with Gasteiger partial charge in [-0.15, -0.1) is 0 Å². The Morgan fingerprint density at radius 2 is 1.87 bits per heavy atom. The van der Waals surface area contributed by atoms with Gasteiger partial charge in [-0.2, -0.15) is 0 Å². The van der Waals surface area contributed by atoms with E-state index in [1.165, 1.54) is 12.8 Å². The fourth-order valence-corrected chi connectivity index (χ4v) is 6.20. The summed E-state index contributed by atoms with van der Waals surface area (Å²) in [4.78, 5) is 37.9. The molecular weight excluding hydrogens is 408 g/mol. The van der Waals surface area contributed by atoms with Crippen molar-refractivity contribution in [2.75, 3.05) is 19.8 Å². The molecular formula is C21H28N2O6S. The summed E-state index contributed by atoms with van der Waals surface area (Å²) in [7, 11) is -2.50. The van der Waals surface area contributed by atoms with Crippen LogP contribution in [0.2, 0.25) is 0 Å². The van der Waals surface area contributed by atoms with Gasteiger partial charge in [-0.05, 0) is 56.2 Å². The van der Waals surface area contributed by atoms with Crippen molar-refractivity contribution in [1.82, 2.24) is 10.6 Å². The van der Waals surface area contributed by atoms with E-state index in [1.54, 1.807) is 23.0 Å². The lowest BCUT2D eigenvalue weighted by atomic mass is 9.90. The Morgan fingerprint density at radius 3 is 2.63 bits per heavy atom. The van der Waals surface area contributed by atoms with Gasteiger partial charge in [0.05, 0.1) is 13.0 Å². The number of hydrogen-bond donors (Lipinski definition) is 2. The summed E-state index contributed by atoms with van der Waals surface area (Å²) in [5.74, 6) is -1.42. The van der Waals surface area contributed by atoms with Crippen molar-refractivity contribution < 1.29 is 27.5 Å². The monoisotopic (exact) mass is 436 g/mol. The highest BCUT2D eigenvalue weighted by Crippen LogP contribution is 2.58. The maximum atomic E-state index is 13.0. The molecule has 3 aliphatic heterocycles. The second-order valence-electron chi connectivity index (χ2n) is 8.86. The molecule has 2 N–H and O–H groups in total. The summed E-state index contributed by atoms with van der Waals surface area (Å²) < 4.78 is 16.5. The van der Waals surface area contributed by atoms with Crippen molar-refractivity contribution in [1.29, 1.82) is 0 Å². The largest absolute Gasteiger partial charge is 0.381 e. The minimum Gasteiger partial charge on any atom is -0.381 e. The van der Waals surface area contributed by atoms with Gasteiger partial charge >= 0.3 is 11.9 Å². The van der Waals surface area contributed by atoms with Crippen LogP contribution in [0.5, 0.6) is 0 Å². The van der Waals surface area contributed by atoms with Crippen molar-refractivity contribution in [3.05, 3.63) is 23.0 Å². The highest BCUT2D eigenvalue weighted by molar-refractivity contribution is 8.31. The predicted molar refractivity (Wildman–Crippen MR) is 110 cm³/mol. The van der Waals surface area contributed by atoms with E-state index in [0.717, 1.165) is 18.9 Å². The van der Waals surface area contributed by atoms with E-state index in [2.05, 4.69) is 10.6 Å². The summed E-state index contributed by atoms with van der Waals surface area (Å²) in [6.07, 6.45) is 7.49. The number of carbonyl (C=O) groups excluding carboxylic acids is 3. The molecule has 30 heavy (non-hydrogen) atoms. The summed E-state index contributed by atoms with van der Waals surface area (Å²) in [6.45, 7) is 2.26. The molecule has 2 saturated heterocycles. The van der Waals surface area contributed by atoms with E-state index >= 15 is 0 Å². The second-order valence-corrected chi connectivity index (χ2v) is 10.9. The molecule has 1 amide bonds. The lowest BCUT2D eigenvalue weighted by molar-refractivity contribution is -0.147. The van der Waals surface area contributed by atoms with Crippen LogP contribution >= 0.6 is 10.6 Å². The first-order valence-corrected chi connectivity index (χ1v) is 12.4. The number of rotatable bonds is 6. The number of nitrogens with one attached hydrogen (secondary N) is 2. The average molecular weight is 437 g/mol. The SMILES string of the molecule is O=C1CC(C(=O)NC2CCOCC2[C@H]2C[C@H]2NCC2CC2)C(=O)OS2(C=CC=C2)O1. The standard InChI is InChI=1S/C21H28N2O6S/c24-19-10-15(21(26)29-30(28-19)7-1-2-8-30)20(25)23-17-5-6-27-12-16(17)14-9-18(14)22-11-13-3-4-13/h1-2,7-8,13-18,22H,3-6,9-12H2,(H,23,25)/t14-,15?,16?,17?,18-/m1/s1. The summed E-state index contributed by atoms with van der Waals surface area (Å²) in [5, 5.41) is 9.81. The zero-order valence-electron chi connectivity index (χ0n) is 16.8. The first kappa shape index (κ1) is 20.1. The van der Waals surface area contributed by atoms with Crippen molar-refractivity contribution >= 4 is 28.4 Å². The molecule has 4 fully saturated rings. The molecule has 3 heterocycles. The van der Waals surface area contributed by atoms with E-state index in [0.29, 0.717) is 31.6 Å². The molecule has 5 aliphatic rings. The average Bonchev–Trinajstić information content (AvgIpc) is 3.63. The molecule has 0 bridgehead atoms. The molecule has 1 spiro atoms. The Hall–Kier alpha value is -1.84. The van der Waals surface area contributed by atoms with Crippen molar-refractivity contribution in [2.24, 2.45) is 23.7 Å². The molecule has 5 atom stereocenters. The number of amides is 1. The van der Waals surface area contributed by atoms with E-state index in [9.17, 15) is 14.4 Å². The Balaban J connectivity index is 1.21. The van der Waals surface area contributed by atoms with Crippen LogP contribution in [0, 0.1) is 23.7 Å². The molecule has 164 valence electrons. The fraction of sp³-hybridized carbons (Fsp3) is 0.667. The van der Waals surface area contributed by atoms with Gasteiger partial charge in [-0.3, -0.25) is 9.59 Å². The van der Waals surface area contributed by atoms with Gasteiger partial charge in [0, 0.05) is 35.4 Å². The summed E-state index contributed by atoms with van der Waals surface area (Å²) in [6, 6.07) is 0.419. The maximum Gasteiger partial charge on any atom is 0.343 e.